The summed E-state index contributed by atoms with van der Waals surface area (Å²) in [5.41, 5.74) is 1.61. The summed E-state index contributed by atoms with van der Waals surface area (Å²) in [5, 5.41) is 0. The van der Waals surface area contributed by atoms with E-state index in [0.29, 0.717) is 0 Å². The van der Waals surface area contributed by atoms with E-state index in [1.807, 2.05) is 0 Å². The average molecular weight is 245 g/mol. The maximum Gasteiger partial charge on any atom is 0.197 e. The second kappa shape index (κ2) is 4.45. The lowest BCUT2D eigenvalue weighted by Crippen LogP contribution is -2.59. The van der Waals surface area contributed by atoms with Crippen LogP contribution in [0.1, 0.15) is 33.1 Å². The fourth-order valence-corrected chi connectivity index (χ4v) is 3.23. The van der Waals surface area contributed by atoms with E-state index < -0.39 is 0 Å². The van der Waals surface area contributed by atoms with Gasteiger partial charge in [0.05, 0.1) is 5.54 Å². The van der Waals surface area contributed by atoms with E-state index in [0.717, 1.165) is 19.5 Å². The summed E-state index contributed by atoms with van der Waals surface area (Å²) in [6.07, 6.45) is 10.3. The van der Waals surface area contributed by atoms with E-state index in [9.17, 15) is 0 Å². The zero-order valence-electron chi connectivity index (χ0n) is 11.5. The Morgan fingerprint density at radius 1 is 1.17 bits per heavy atom. The van der Waals surface area contributed by atoms with Gasteiger partial charge in [-0.15, -0.1) is 0 Å². The van der Waals surface area contributed by atoms with Crippen molar-refractivity contribution in [1.82, 2.24) is 9.80 Å². The molecule has 1 fully saturated rings. The van der Waals surface area contributed by atoms with Gasteiger partial charge >= 0.3 is 0 Å². The van der Waals surface area contributed by atoms with Crippen molar-refractivity contribution in [3.8, 4) is 0 Å². The molecule has 0 atom stereocenters. The van der Waals surface area contributed by atoms with Crippen LogP contribution >= 0.6 is 0 Å². The second-order valence-electron chi connectivity index (χ2n) is 5.91. The van der Waals surface area contributed by atoms with Gasteiger partial charge in [0.25, 0.3) is 0 Å². The monoisotopic (exact) mass is 245 g/mol. The van der Waals surface area contributed by atoms with Gasteiger partial charge in [-0.2, -0.15) is 0 Å². The largest absolute Gasteiger partial charge is 0.343 e. The molecule has 3 rings (SSSR count). The molecule has 0 saturated carbocycles. The minimum atomic E-state index is 0.0956. The summed E-state index contributed by atoms with van der Waals surface area (Å²) >= 11 is 0. The molecule has 3 aliphatic rings. The molecule has 1 aliphatic carbocycles. The molecule has 18 heavy (non-hydrogen) atoms. The molecule has 0 spiro atoms. The Labute approximate surface area is 110 Å². The van der Waals surface area contributed by atoms with E-state index in [2.05, 4.69) is 41.9 Å². The topological polar surface area (TPSA) is 18.8 Å². The molecular formula is C15H23N3. The smallest absolute Gasteiger partial charge is 0.197 e. The Morgan fingerprint density at radius 2 is 2.00 bits per heavy atom. The van der Waals surface area contributed by atoms with E-state index in [4.69, 9.17) is 4.99 Å². The number of hydrogen-bond acceptors (Lipinski definition) is 3. The summed E-state index contributed by atoms with van der Waals surface area (Å²) < 4.78 is 0. The first-order valence-corrected chi connectivity index (χ1v) is 7.13. The number of fused-ring (bicyclic) bond motifs is 1. The van der Waals surface area contributed by atoms with Gasteiger partial charge in [0, 0.05) is 26.2 Å². The number of nitrogens with zero attached hydrogens (tertiary/aromatic N) is 3. The van der Waals surface area contributed by atoms with Gasteiger partial charge in [-0.3, -0.25) is 4.99 Å². The first kappa shape index (κ1) is 11.8. The fourth-order valence-electron chi connectivity index (χ4n) is 3.23. The molecule has 0 N–H and O–H groups in total. The number of aliphatic imine (C=N–C) groups is 1. The zero-order chi connectivity index (χ0) is 12.6. The third-order valence-corrected chi connectivity index (χ3v) is 4.41. The van der Waals surface area contributed by atoms with Crippen LogP contribution in [0.25, 0.3) is 0 Å². The SMILES string of the molecule is CC(C)(C1=CC=CC1)N1CCCN2CCCN=C21. The first-order chi connectivity index (χ1) is 8.69. The molecule has 2 aliphatic heterocycles. The molecule has 0 radical (unpaired) electrons. The van der Waals surface area contributed by atoms with Crippen molar-refractivity contribution in [3.63, 3.8) is 0 Å². The van der Waals surface area contributed by atoms with Crippen LogP contribution in [-0.4, -0.2) is 47.5 Å². The molecule has 1 saturated heterocycles. The highest BCUT2D eigenvalue weighted by Crippen LogP contribution is 2.32. The van der Waals surface area contributed by atoms with E-state index in [1.165, 1.54) is 37.5 Å². The van der Waals surface area contributed by atoms with Gasteiger partial charge in [-0.1, -0.05) is 18.2 Å². The van der Waals surface area contributed by atoms with Crippen molar-refractivity contribution in [2.45, 2.75) is 38.6 Å². The number of hydrogen-bond donors (Lipinski definition) is 0. The number of guanidine groups is 1. The number of rotatable bonds is 2. The predicted molar refractivity (Wildman–Crippen MR) is 75.7 cm³/mol. The summed E-state index contributed by atoms with van der Waals surface area (Å²) in [6.45, 7) is 9.18. The molecule has 98 valence electrons. The van der Waals surface area contributed by atoms with Gasteiger partial charge in [0.15, 0.2) is 5.96 Å². The second-order valence-corrected chi connectivity index (χ2v) is 5.91. The lowest BCUT2D eigenvalue weighted by molar-refractivity contribution is 0.168. The third-order valence-electron chi connectivity index (χ3n) is 4.41. The third kappa shape index (κ3) is 1.86. The Morgan fingerprint density at radius 3 is 2.78 bits per heavy atom. The predicted octanol–water partition coefficient (Wildman–Crippen LogP) is 2.42. The van der Waals surface area contributed by atoms with Crippen molar-refractivity contribution in [2.24, 2.45) is 4.99 Å². The van der Waals surface area contributed by atoms with Crippen LogP contribution in [0.3, 0.4) is 0 Å². The van der Waals surface area contributed by atoms with Gasteiger partial charge < -0.3 is 9.80 Å². The normalized spacial score (nSPS) is 23.9. The van der Waals surface area contributed by atoms with Crippen LogP contribution in [0.2, 0.25) is 0 Å². The van der Waals surface area contributed by atoms with Gasteiger partial charge in [-0.25, -0.2) is 0 Å². The molecule has 0 aromatic rings. The highest BCUT2D eigenvalue weighted by molar-refractivity contribution is 5.82. The van der Waals surface area contributed by atoms with E-state index >= 15 is 0 Å². The Hall–Kier alpha value is -1.25. The first-order valence-electron chi connectivity index (χ1n) is 7.13. The molecule has 3 nitrogen and oxygen atoms in total. The summed E-state index contributed by atoms with van der Waals surface area (Å²) in [5.74, 6) is 1.24. The maximum atomic E-state index is 4.79. The fraction of sp³-hybridized carbons (Fsp3) is 0.667. The summed E-state index contributed by atoms with van der Waals surface area (Å²) in [4.78, 5) is 9.78. The molecule has 2 heterocycles. The van der Waals surface area contributed by atoms with E-state index in [1.54, 1.807) is 0 Å². The maximum absolute atomic E-state index is 4.79. The molecule has 3 heteroatoms. The van der Waals surface area contributed by atoms with Crippen LogP contribution in [0.5, 0.6) is 0 Å². The van der Waals surface area contributed by atoms with Gasteiger partial charge in [0.1, 0.15) is 0 Å². The molecule has 0 aromatic heterocycles. The van der Waals surface area contributed by atoms with Crippen LogP contribution in [0.15, 0.2) is 28.8 Å². The Balaban J connectivity index is 1.87. The molecule has 0 unspecified atom stereocenters. The van der Waals surface area contributed by atoms with Crippen molar-refractivity contribution in [2.75, 3.05) is 26.2 Å². The summed E-state index contributed by atoms with van der Waals surface area (Å²) in [6, 6.07) is 0. The van der Waals surface area contributed by atoms with E-state index in [-0.39, 0.29) is 5.54 Å². The molecule has 0 aromatic carbocycles. The van der Waals surface area contributed by atoms with Crippen LogP contribution < -0.4 is 0 Å². The lowest BCUT2D eigenvalue weighted by Gasteiger charge is -2.49. The van der Waals surface area contributed by atoms with Crippen molar-refractivity contribution >= 4 is 5.96 Å². The van der Waals surface area contributed by atoms with Gasteiger partial charge in [0.2, 0.25) is 0 Å². The summed E-state index contributed by atoms with van der Waals surface area (Å²) in [7, 11) is 0. The minimum Gasteiger partial charge on any atom is -0.343 e. The highest BCUT2D eigenvalue weighted by atomic mass is 15.4. The van der Waals surface area contributed by atoms with Crippen molar-refractivity contribution < 1.29 is 0 Å². The molecular weight excluding hydrogens is 222 g/mol. The van der Waals surface area contributed by atoms with Crippen molar-refractivity contribution in [1.29, 1.82) is 0 Å². The van der Waals surface area contributed by atoms with Crippen LogP contribution in [-0.2, 0) is 0 Å². The quantitative estimate of drug-likeness (QED) is 0.744. The van der Waals surface area contributed by atoms with Crippen LogP contribution in [0.4, 0.5) is 0 Å². The number of allylic oxidation sites excluding steroid dienone is 3. The van der Waals surface area contributed by atoms with Gasteiger partial charge in [-0.05, 0) is 38.7 Å². The molecule has 0 amide bonds. The standard InChI is InChI=1S/C15H23N3/c1-15(2,13-7-3-4-8-13)18-12-6-11-17-10-5-9-16-14(17)18/h3-4,7H,5-6,8-12H2,1-2H3. The highest BCUT2D eigenvalue weighted by Gasteiger charge is 2.37. The van der Waals surface area contributed by atoms with Crippen LogP contribution in [0, 0.1) is 0 Å². The van der Waals surface area contributed by atoms with Crippen molar-refractivity contribution in [3.05, 3.63) is 23.8 Å². The Bertz CT molecular complexity index is 417. The molecule has 0 bridgehead atoms. The lowest BCUT2D eigenvalue weighted by atomic mass is 9.90. The minimum absolute atomic E-state index is 0.0956. The Kier molecular flexibility index (Phi) is 2.92. The zero-order valence-corrected chi connectivity index (χ0v) is 11.5. The average Bonchev–Trinajstić information content (AvgIpc) is 2.92.